The highest BCUT2D eigenvalue weighted by Crippen LogP contribution is 2.36. The first kappa shape index (κ1) is 21.3. The molecule has 0 saturated carbocycles. The fourth-order valence-electron chi connectivity index (χ4n) is 2.73. The molecule has 3 aromatic rings. The van der Waals surface area contributed by atoms with E-state index in [-0.39, 0.29) is 0 Å². The van der Waals surface area contributed by atoms with Gasteiger partial charge in [-0.2, -0.15) is 5.26 Å². The predicted molar refractivity (Wildman–Crippen MR) is 115 cm³/mol. The zero-order valence-corrected chi connectivity index (χ0v) is 18.2. The Hall–Kier alpha value is -2.40. The quantitative estimate of drug-likeness (QED) is 0.327. The minimum atomic E-state index is 0.475. The number of rotatable bonds is 8. The zero-order valence-electron chi connectivity index (χ0n) is 15.9. The third-order valence-electron chi connectivity index (χ3n) is 4.09. The van der Waals surface area contributed by atoms with E-state index in [1.807, 2.05) is 10.6 Å². The Labute approximate surface area is 183 Å². The highest BCUT2D eigenvalue weighted by molar-refractivity contribution is 7.99. The maximum Gasteiger partial charge on any atom is 0.196 e. The Morgan fingerprint density at radius 2 is 1.83 bits per heavy atom. The Kier molecular flexibility index (Phi) is 7.26. The van der Waals surface area contributed by atoms with Crippen LogP contribution in [0.3, 0.4) is 0 Å². The van der Waals surface area contributed by atoms with E-state index < -0.39 is 0 Å². The lowest BCUT2D eigenvalue weighted by Gasteiger charge is -2.14. The van der Waals surface area contributed by atoms with Gasteiger partial charge in [-0.05, 0) is 42.8 Å². The smallest absolute Gasteiger partial charge is 0.196 e. The summed E-state index contributed by atoms with van der Waals surface area (Å²) in [4.78, 5) is 0. The van der Waals surface area contributed by atoms with E-state index in [1.165, 1.54) is 11.8 Å². The van der Waals surface area contributed by atoms with Gasteiger partial charge in [-0.3, -0.25) is 4.57 Å². The molecule has 0 aliphatic heterocycles. The van der Waals surface area contributed by atoms with Crippen molar-refractivity contribution < 1.29 is 9.47 Å². The van der Waals surface area contributed by atoms with Crippen LogP contribution in [-0.4, -0.2) is 34.7 Å². The number of nitrogens with zero attached hydrogens (tertiary/aromatic N) is 4. The van der Waals surface area contributed by atoms with Crippen molar-refractivity contribution >= 4 is 35.0 Å². The fraction of sp³-hybridized carbons (Fsp3) is 0.250. The molecule has 3 rings (SSSR count). The summed E-state index contributed by atoms with van der Waals surface area (Å²) in [5.41, 5.74) is 1.49. The molecular weight excluding hydrogens is 431 g/mol. The molecule has 150 valence electrons. The van der Waals surface area contributed by atoms with E-state index in [1.54, 1.807) is 44.6 Å². The first-order valence-corrected chi connectivity index (χ1v) is 10.5. The molecule has 0 amide bonds. The molecule has 0 bridgehead atoms. The van der Waals surface area contributed by atoms with Crippen molar-refractivity contribution in [2.75, 3.05) is 20.0 Å². The van der Waals surface area contributed by atoms with Crippen LogP contribution in [0.15, 0.2) is 41.6 Å². The summed E-state index contributed by atoms with van der Waals surface area (Å²) in [6.07, 6.45) is 1.25. The summed E-state index contributed by atoms with van der Waals surface area (Å²) >= 11 is 14.1. The van der Waals surface area contributed by atoms with Crippen LogP contribution in [0.2, 0.25) is 10.0 Å². The zero-order chi connectivity index (χ0) is 20.8. The molecule has 0 saturated heterocycles. The first-order chi connectivity index (χ1) is 14.1. The van der Waals surface area contributed by atoms with Crippen LogP contribution < -0.4 is 9.47 Å². The van der Waals surface area contributed by atoms with Crippen LogP contribution in [0.1, 0.15) is 12.8 Å². The van der Waals surface area contributed by atoms with Gasteiger partial charge in [-0.1, -0.05) is 35.0 Å². The molecule has 2 aromatic carbocycles. The molecule has 0 atom stereocenters. The van der Waals surface area contributed by atoms with Crippen LogP contribution in [-0.2, 0) is 0 Å². The van der Waals surface area contributed by atoms with E-state index in [0.29, 0.717) is 44.5 Å². The highest BCUT2D eigenvalue weighted by Gasteiger charge is 2.20. The number of aromatic nitrogens is 3. The first-order valence-electron chi connectivity index (χ1n) is 8.72. The van der Waals surface area contributed by atoms with Crippen LogP contribution in [0, 0.1) is 11.3 Å². The van der Waals surface area contributed by atoms with E-state index >= 15 is 0 Å². The van der Waals surface area contributed by atoms with E-state index in [4.69, 9.17) is 37.9 Å². The van der Waals surface area contributed by atoms with Gasteiger partial charge in [0.15, 0.2) is 11.0 Å². The Morgan fingerprint density at radius 3 is 2.52 bits per heavy atom. The summed E-state index contributed by atoms with van der Waals surface area (Å²) in [5, 5.41) is 19.2. The summed E-state index contributed by atoms with van der Waals surface area (Å²) < 4.78 is 12.7. The number of benzene rings is 2. The third kappa shape index (κ3) is 4.78. The molecule has 1 heterocycles. The van der Waals surface area contributed by atoms with E-state index in [2.05, 4.69) is 16.3 Å². The minimum absolute atomic E-state index is 0.475. The van der Waals surface area contributed by atoms with Crippen molar-refractivity contribution in [1.29, 1.82) is 5.26 Å². The van der Waals surface area contributed by atoms with Crippen LogP contribution in [0.25, 0.3) is 17.1 Å². The van der Waals surface area contributed by atoms with Gasteiger partial charge in [0.1, 0.15) is 11.5 Å². The average molecular weight is 449 g/mol. The van der Waals surface area contributed by atoms with Crippen LogP contribution >= 0.6 is 35.0 Å². The van der Waals surface area contributed by atoms with Gasteiger partial charge in [0, 0.05) is 17.2 Å². The molecule has 0 N–H and O–H groups in total. The number of thioether (sulfide) groups is 1. The van der Waals surface area contributed by atoms with Gasteiger partial charge in [0.2, 0.25) is 0 Å². The minimum Gasteiger partial charge on any atom is -0.496 e. The molecule has 9 heteroatoms. The molecule has 6 nitrogen and oxygen atoms in total. The average Bonchev–Trinajstić information content (AvgIpc) is 3.14. The molecular formula is C20H18Cl2N4O2S. The molecule has 29 heavy (non-hydrogen) atoms. The van der Waals surface area contributed by atoms with Gasteiger partial charge >= 0.3 is 0 Å². The lowest BCUT2D eigenvalue weighted by Crippen LogP contribution is -2.02. The fourth-order valence-corrected chi connectivity index (χ4v) is 4.05. The standard InChI is InChI=1S/C20H18Cl2N4O2S/c1-27-17-7-5-13(21)11-15(17)19-24-25-20(29-10-4-3-9-23)26(19)14-6-8-18(28-2)16(22)12-14/h5-8,11-12H,3-4,10H2,1-2H3. The predicted octanol–water partition coefficient (Wildman–Crippen LogP) is 5.65. The lowest BCUT2D eigenvalue weighted by atomic mass is 10.2. The van der Waals surface area contributed by atoms with Crippen molar-refractivity contribution in [3.8, 4) is 34.6 Å². The summed E-state index contributed by atoms with van der Waals surface area (Å²) in [7, 11) is 3.16. The van der Waals surface area contributed by atoms with E-state index in [0.717, 1.165) is 17.9 Å². The van der Waals surface area contributed by atoms with Crippen molar-refractivity contribution in [2.24, 2.45) is 0 Å². The van der Waals surface area contributed by atoms with Crippen molar-refractivity contribution in [3.63, 3.8) is 0 Å². The summed E-state index contributed by atoms with van der Waals surface area (Å²) in [6.45, 7) is 0. The monoisotopic (exact) mass is 448 g/mol. The van der Waals surface area contributed by atoms with Gasteiger partial charge in [-0.25, -0.2) is 0 Å². The molecule has 0 unspecified atom stereocenters. The topological polar surface area (TPSA) is 73.0 Å². The highest BCUT2D eigenvalue weighted by atomic mass is 35.5. The van der Waals surface area contributed by atoms with Crippen molar-refractivity contribution in [2.45, 2.75) is 18.0 Å². The number of hydrogen-bond donors (Lipinski definition) is 0. The number of methoxy groups -OCH3 is 2. The largest absolute Gasteiger partial charge is 0.496 e. The normalized spacial score (nSPS) is 10.6. The molecule has 0 spiro atoms. The van der Waals surface area contributed by atoms with Crippen LogP contribution in [0.5, 0.6) is 11.5 Å². The molecule has 0 radical (unpaired) electrons. The van der Waals surface area contributed by atoms with Gasteiger partial charge < -0.3 is 9.47 Å². The van der Waals surface area contributed by atoms with Gasteiger partial charge in [-0.15, -0.1) is 10.2 Å². The molecule has 0 aliphatic rings. The summed E-state index contributed by atoms with van der Waals surface area (Å²) in [6, 6.07) is 13.0. The SMILES string of the molecule is COc1ccc(-n2c(SCCCC#N)nnc2-c2cc(Cl)ccc2OC)cc1Cl. The number of halogens is 2. The molecule has 0 fully saturated rings. The van der Waals surface area contributed by atoms with Crippen LogP contribution in [0.4, 0.5) is 0 Å². The Bertz CT molecular complexity index is 1050. The maximum absolute atomic E-state index is 8.77. The number of unbranched alkanes of at least 4 members (excludes halogenated alkanes) is 1. The molecule has 1 aromatic heterocycles. The number of hydrogen-bond acceptors (Lipinski definition) is 6. The second kappa shape index (κ2) is 9.88. The van der Waals surface area contributed by atoms with Gasteiger partial charge in [0.25, 0.3) is 0 Å². The second-order valence-corrected chi connectivity index (χ2v) is 7.82. The van der Waals surface area contributed by atoms with Crippen molar-refractivity contribution in [1.82, 2.24) is 14.8 Å². The Balaban J connectivity index is 2.13. The number of ether oxygens (including phenoxy) is 2. The lowest BCUT2D eigenvalue weighted by molar-refractivity contribution is 0.415. The van der Waals surface area contributed by atoms with E-state index in [9.17, 15) is 0 Å². The summed E-state index contributed by atoms with van der Waals surface area (Å²) in [5.74, 6) is 2.52. The Morgan fingerprint density at radius 1 is 1.07 bits per heavy atom. The second-order valence-electron chi connectivity index (χ2n) is 5.92. The van der Waals surface area contributed by atoms with Gasteiger partial charge in [0.05, 0.1) is 36.6 Å². The molecule has 0 aliphatic carbocycles. The third-order valence-corrected chi connectivity index (χ3v) is 5.64. The van der Waals surface area contributed by atoms with Crippen molar-refractivity contribution in [3.05, 3.63) is 46.4 Å². The maximum atomic E-state index is 8.77. The number of nitriles is 1.